The summed E-state index contributed by atoms with van der Waals surface area (Å²) in [5, 5.41) is 2.83. The van der Waals surface area contributed by atoms with Crippen LogP contribution < -0.4 is 10.2 Å². The predicted octanol–water partition coefficient (Wildman–Crippen LogP) is 2.99. The van der Waals surface area contributed by atoms with Gasteiger partial charge in [-0.05, 0) is 49.4 Å². The molecule has 0 radical (unpaired) electrons. The first-order valence-corrected chi connectivity index (χ1v) is 6.54. The number of hydrogen-bond donors (Lipinski definition) is 1. The van der Waals surface area contributed by atoms with Gasteiger partial charge in [-0.1, -0.05) is 0 Å². The third kappa shape index (κ3) is 1.90. The number of anilines is 2. The van der Waals surface area contributed by atoms with Crippen molar-refractivity contribution in [1.82, 2.24) is 0 Å². The Kier molecular flexibility index (Phi) is 3.05. The second kappa shape index (κ2) is 4.12. The van der Waals surface area contributed by atoms with Crippen molar-refractivity contribution in [3.8, 4) is 0 Å². The molecule has 17 heavy (non-hydrogen) atoms. The van der Waals surface area contributed by atoms with E-state index in [-0.39, 0.29) is 11.7 Å². The van der Waals surface area contributed by atoms with Crippen molar-refractivity contribution in [2.45, 2.75) is 26.3 Å². The Morgan fingerprint density at radius 2 is 2.12 bits per heavy atom. The molecule has 1 aliphatic rings. The normalized spacial score (nSPS) is 17.7. The van der Waals surface area contributed by atoms with Gasteiger partial charge in [0.15, 0.2) is 0 Å². The molecule has 1 heterocycles. The van der Waals surface area contributed by atoms with E-state index < -0.39 is 5.54 Å². The number of halogens is 2. The summed E-state index contributed by atoms with van der Waals surface area (Å²) in [6.45, 7) is 6.29. The van der Waals surface area contributed by atoms with Crippen LogP contribution in [0, 0.1) is 9.39 Å². The minimum atomic E-state index is -0.652. The van der Waals surface area contributed by atoms with Gasteiger partial charge in [0.05, 0.1) is 14.9 Å². The predicted molar refractivity (Wildman–Crippen MR) is 74.8 cm³/mol. The van der Waals surface area contributed by atoms with E-state index in [1.807, 2.05) is 48.3 Å². The summed E-state index contributed by atoms with van der Waals surface area (Å²) in [4.78, 5) is 13.9. The molecule has 1 N–H and O–H groups in total. The standard InChI is InChI=1S/C12H14FIN2O/c1-4-16-10-5-7(13)8(14)6-9(10)15-11(17)12(16,2)3/h5-6H,4H2,1-3H3,(H,15,17). The molecule has 1 aromatic rings. The highest BCUT2D eigenvalue weighted by atomic mass is 127. The van der Waals surface area contributed by atoms with Crippen LogP contribution in [-0.2, 0) is 4.79 Å². The number of benzene rings is 1. The van der Waals surface area contributed by atoms with E-state index in [1.165, 1.54) is 6.07 Å². The molecular formula is C12H14FIN2O. The van der Waals surface area contributed by atoms with Crippen LogP contribution in [0.15, 0.2) is 12.1 Å². The Labute approximate surface area is 114 Å². The lowest BCUT2D eigenvalue weighted by Crippen LogP contribution is -2.56. The number of carbonyl (C=O) groups excluding carboxylic acids is 1. The maximum Gasteiger partial charge on any atom is 0.249 e. The van der Waals surface area contributed by atoms with Crippen LogP contribution in [0.25, 0.3) is 0 Å². The van der Waals surface area contributed by atoms with Gasteiger partial charge in [-0.2, -0.15) is 0 Å². The number of carbonyl (C=O) groups is 1. The van der Waals surface area contributed by atoms with E-state index in [4.69, 9.17) is 0 Å². The number of fused-ring (bicyclic) bond motifs is 1. The summed E-state index contributed by atoms with van der Waals surface area (Å²) in [5.74, 6) is -0.316. The molecule has 3 nitrogen and oxygen atoms in total. The third-order valence-corrected chi connectivity index (χ3v) is 3.95. The van der Waals surface area contributed by atoms with Crippen molar-refractivity contribution in [2.75, 3.05) is 16.8 Å². The maximum atomic E-state index is 13.6. The molecule has 0 unspecified atom stereocenters. The molecular weight excluding hydrogens is 334 g/mol. The molecule has 0 atom stereocenters. The number of likely N-dealkylation sites (N-methyl/N-ethyl adjacent to an activating group) is 1. The molecule has 5 heteroatoms. The van der Waals surface area contributed by atoms with E-state index in [9.17, 15) is 9.18 Å². The SMILES string of the molecule is CCN1c2cc(F)c(I)cc2NC(=O)C1(C)C. The highest BCUT2D eigenvalue weighted by Gasteiger charge is 2.39. The summed E-state index contributed by atoms with van der Waals surface area (Å²) in [6.07, 6.45) is 0. The van der Waals surface area contributed by atoms with Crippen molar-refractivity contribution in [3.63, 3.8) is 0 Å². The second-order valence-electron chi connectivity index (χ2n) is 4.54. The van der Waals surface area contributed by atoms with Gasteiger partial charge >= 0.3 is 0 Å². The first-order chi connectivity index (χ1) is 7.87. The summed E-state index contributed by atoms with van der Waals surface area (Å²) in [6, 6.07) is 3.16. The zero-order valence-electron chi connectivity index (χ0n) is 9.97. The van der Waals surface area contributed by atoms with Crippen molar-refractivity contribution >= 4 is 39.9 Å². The molecule has 1 aliphatic heterocycles. The average molecular weight is 348 g/mol. The Morgan fingerprint density at radius 3 is 2.71 bits per heavy atom. The Bertz CT molecular complexity index is 488. The number of hydrogen-bond acceptors (Lipinski definition) is 2. The van der Waals surface area contributed by atoms with Crippen LogP contribution >= 0.6 is 22.6 Å². The van der Waals surface area contributed by atoms with Gasteiger partial charge in [0.1, 0.15) is 11.4 Å². The van der Waals surface area contributed by atoms with Gasteiger partial charge in [0, 0.05) is 12.6 Å². The highest BCUT2D eigenvalue weighted by molar-refractivity contribution is 14.1. The summed E-state index contributed by atoms with van der Waals surface area (Å²) in [5.41, 5.74) is 0.776. The van der Waals surface area contributed by atoms with Gasteiger partial charge in [-0.25, -0.2) is 4.39 Å². The number of amides is 1. The molecule has 1 amide bonds. The Morgan fingerprint density at radius 1 is 1.47 bits per heavy atom. The molecule has 1 aromatic carbocycles. The Hall–Kier alpha value is -0.850. The maximum absolute atomic E-state index is 13.6. The van der Waals surface area contributed by atoms with Gasteiger partial charge in [-0.15, -0.1) is 0 Å². The Balaban J connectivity index is 2.62. The summed E-state index contributed by atoms with van der Waals surface area (Å²) >= 11 is 1.92. The first kappa shape index (κ1) is 12.6. The van der Waals surface area contributed by atoms with Crippen molar-refractivity contribution in [2.24, 2.45) is 0 Å². The lowest BCUT2D eigenvalue weighted by molar-refractivity contribution is -0.120. The monoisotopic (exact) mass is 348 g/mol. The highest BCUT2D eigenvalue weighted by Crippen LogP contribution is 2.38. The fourth-order valence-electron chi connectivity index (χ4n) is 2.12. The lowest BCUT2D eigenvalue weighted by Gasteiger charge is -2.43. The van der Waals surface area contributed by atoms with E-state index in [0.717, 1.165) is 5.69 Å². The van der Waals surface area contributed by atoms with E-state index >= 15 is 0 Å². The molecule has 0 bridgehead atoms. The van der Waals surface area contributed by atoms with E-state index in [0.29, 0.717) is 15.8 Å². The zero-order chi connectivity index (χ0) is 12.8. The zero-order valence-corrected chi connectivity index (χ0v) is 12.1. The molecule has 92 valence electrons. The van der Waals surface area contributed by atoms with Crippen LogP contribution in [0.5, 0.6) is 0 Å². The van der Waals surface area contributed by atoms with E-state index in [2.05, 4.69) is 5.32 Å². The molecule has 0 aliphatic carbocycles. The number of nitrogens with one attached hydrogen (secondary N) is 1. The van der Waals surface area contributed by atoms with Gasteiger partial charge in [0.25, 0.3) is 0 Å². The lowest BCUT2D eigenvalue weighted by atomic mass is 9.96. The molecule has 0 saturated carbocycles. The largest absolute Gasteiger partial charge is 0.356 e. The van der Waals surface area contributed by atoms with Gasteiger partial charge in [0.2, 0.25) is 5.91 Å². The van der Waals surface area contributed by atoms with Crippen molar-refractivity contribution in [3.05, 3.63) is 21.5 Å². The first-order valence-electron chi connectivity index (χ1n) is 5.46. The third-order valence-electron chi connectivity index (χ3n) is 3.12. The molecule has 0 spiro atoms. The van der Waals surface area contributed by atoms with Crippen LogP contribution in [0.1, 0.15) is 20.8 Å². The second-order valence-corrected chi connectivity index (χ2v) is 5.70. The minimum Gasteiger partial charge on any atom is -0.356 e. The van der Waals surface area contributed by atoms with Crippen molar-refractivity contribution < 1.29 is 9.18 Å². The quantitative estimate of drug-likeness (QED) is 0.792. The number of rotatable bonds is 1. The fraction of sp³-hybridized carbons (Fsp3) is 0.417. The van der Waals surface area contributed by atoms with Gasteiger partial charge in [-0.3, -0.25) is 4.79 Å². The van der Waals surface area contributed by atoms with Crippen LogP contribution in [0.3, 0.4) is 0 Å². The molecule has 0 fully saturated rings. The van der Waals surface area contributed by atoms with Crippen LogP contribution in [-0.4, -0.2) is 18.0 Å². The summed E-state index contributed by atoms with van der Waals surface area (Å²) in [7, 11) is 0. The summed E-state index contributed by atoms with van der Waals surface area (Å²) < 4.78 is 14.1. The average Bonchev–Trinajstić information content (AvgIpc) is 2.23. The topological polar surface area (TPSA) is 32.3 Å². The van der Waals surface area contributed by atoms with Crippen LogP contribution in [0.4, 0.5) is 15.8 Å². The van der Waals surface area contributed by atoms with Gasteiger partial charge < -0.3 is 10.2 Å². The molecule has 0 aromatic heterocycles. The molecule has 0 saturated heterocycles. The van der Waals surface area contributed by atoms with E-state index in [1.54, 1.807) is 6.07 Å². The minimum absolute atomic E-state index is 0.0609. The van der Waals surface area contributed by atoms with Crippen molar-refractivity contribution in [1.29, 1.82) is 0 Å². The smallest absolute Gasteiger partial charge is 0.249 e. The van der Waals surface area contributed by atoms with Crippen LogP contribution in [0.2, 0.25) is 0 Å². The number of nitrogens with zero attached hydrogens (tertiary/aromatic N) is 1. The molecule has 2 rings (SSSR count). The fourth-order valence-corrected chi connectivity index (χ4v) is 2.59.